The van der Waals surface area contributed by atoms with Crippen LogP contribution < -0.4 is 5.32 Å². The van der Waals surface area contributed by atoms with E-state index in [0.717, 1.165) is 17.1 Å². The molecular weight excluding hydrogens is 312 g/mol. The van der Waals surface area contributed by atoms with Crippen LogP contribution in [0.15, 0.2) is 60.9 Å². The maximum Gasteiger partial charge on any atom is 0.235 e. The summed E-state index contributed by atoms with van der Waals surface area (Å²) < 4.78 is 1.89. The van der Waals surface area contributed by atoms with Gasteiger partial charge in [0.2, 0.25) is 5.78 Å². The van der Waals surface area contributed by atoms with Gasteiger partial charge < -0.3 is 10.4 Å². The minimum atomic E-state index is 0.189. The summed E-state index contributed by atoms with van der Waals surface area (Å²) in [5.74, 6) is 1.54. The van der Waals surface area contributed by atoms with Crippen molar-refractivity contribution in [1.29, 1.82) is 0 Å². The number of phenols is 1. The van der Waals surface area contributed by atoms with Crippen LogP contribution in [0.3, 0.4) is 0 Å². The number of aryl methyl sites for hydroxylation is 2. The van der Waals surface area contributed by atoms with E-state index in [-0.39, 0.29) is 5.75 Å². The number of nitrogens with zero attached hydrogens (tertiary/aromatic N) is 3. The summed E-state index contributed by atoms with van der Waals surface area (Å²) >= 11 is 0. The van der Waals surface area contributed by atoms with Crippen molar-refractivity contribution in [3.8, 4) is 17.0 Å². The van der Waals surface area contributed by atoms with Crippen molar-refractivity contribution in [2.75, 3.05) is 5.32 Å². The van der Waals surface area contributed by atoms with Crippen molar-refractivity contribution in [1.82, 2.24) is 14.4 Å². The van der Waals surface area contributed by atoms with Crippen LogP contribution in [0.2, 0.25) is 0 Å². The van der Waals surface area contributed by atoms with Gasteiger partial charge in [0.15, 0.2) is 0 Å². The van der Waals surface area contributed by atoms with Crippen molar-refractivity contribution in [3.63, 3.8) is 0 Å². The molecule has 2 heterocycles. The van der Waals surface area contributed by atoms with Gasteiger partial charge in [-0.05, 0) is 43.7 Å². The van der Waals surface area contributed by atoms with E-state index in [1.54, 1.807) is 18.3 Å². The molecule has 0 aliphatic heterocycles. The van der Waals surface area contributed by atoms with Crippen molar-refractivity contribution >= 4 is 17.3 Å². The molecule has 0 unspecified atom stereocenters. The highest BCUT2D eigenvalue weighted by molar-refractivity contribution is 5.82. The number of hydrogen-bond donors (Lipinski definition) is 2. The number of para-hydroxylation sites is 1. The van der Waals surface area contributed by atoms with E-state index in [2.05, 4.69) is 47.3 Å². The first-order chi connectivity index (χ1) is 12.1. The largest absolute Gasteiger partial charge is 0.507 e. The van der Waals surface area contributed by atoms with E-state index in [4.69, 9.17) is 0 Å². The van der Waals surface area contributed by atoms with Gasteiger partial charge in [0.05, 0.1) is 0 Å². The fourth-order valence-electron chi connectivity index (χ4n) is 2.95. The highest BCUT2D eigenvalue weighted by Gasteiger charge is 2.17. The van der Waals surface area contributed by atoms with Gasteiger partial charge in [-0.15, -0.1) is 0 Å². The third-order valence-corrected chi connectivity index (χ3v) is 4.20. The lowest BCUT2D eigenvalue weighted by Gasteiger charge is -2.12. The first kappa shape index (κ1) is 15.2. The lowest BCUT2D eigenvalue weighted by molar-refractivity contribution is 0.477. The molecule has 2 aromatic heterocycles. The van der Waals surface area contributed by atoms with Crippen LogP contribution in [-0.2, 0) is 0 Å². The molecule has 0 spiro atoms. The maximum atomic E-state index is 10.3. The molecule has 0 atom stereocenters. The Morgan fingerprint density at radius 1 is 1.04 bits per heavy atom. The van der Waals surface area contributed by atoms with Crippen molar-refractivity contribution in [3.05, 3.63) is 72.1 Å². The molecule has 124 valence electrons. The summed E-state index contributed by atoms with van der Waals surface area (Å²) in [4.78, 5) is 8.94. The van der Waals surface area contributed by atoms with Gasteiger partial charge in [-0.25, -0.2) is 9.97 Å². The summed E-state index contributed by atoms with van der Waals surface area (Å²) in [6.45, 7) is 4.14. The second kappa shape index (κ2) is 5.94. The number of aromatic nitrogens is 3. The van der Waals surface area contributed by atoms with Crippen molar-refractivity contribution in [2.24, 2.45) is 0 Å². The highest BCUT2D eigenvalue weighted by Crippen LogP contribution is 2.35. The average Bonchev–Trinajstić information content (AvgIpc) is 2.96. The molecule has 2 aromatic carbocycles. The van der Waals surface area contributed by atoms with E-state index >= 15 is 0 Å². The molecule has 4 rings (SSSR count). The number of imidazole rings is 1. The molecule has 4 aromatic rings. The quantitative estimate of drug-likeness (QED) is 0.582. The molecular formula is C20H18N4O. The summed E-state index contributed by atoms with van der Waals surface area (Å²) in [5.41, 5.74) is 4.68. The molecule has 0 aliphatic carbocycles. The topological polar surface area (TPSA) is 62.5 Å². The summed E-state index contributed by atoms with van der Waals surface area (Å²) in [5, 5.41) is 13.7. The number of hydrogen-bond acceptors (Lipinski definition) is 4. The first-order valence-corrected chi connectivity index (χ1v) is 8.09. The second-order valence-corrected chi connectivity index (χ2v) is 6.06. The van der Waals surface area contributed by atoms with E-state index in [9.17, 15) is 5.11 Å². The molecule has 0 saturated carbocycles. The minimum absolute atomic E-state index is 0.189. The van der Waals surface area contributed by atoms with Crippen molar-refractivity contribution < 1.29 is 5.11 Å². The molecule has 5 heteroatoms. The Morgan fingerprint density at radius 2 is 1.88 bits per heavy atom. The van der Waals surface area contributed by atoms with Crippen LogP contribution in [0.25, 0.3) is 17.0 Å². The Morgan fingerprint density at radius 3 is 2.68 bits per heavy atom. The number of benzene rings is 2. The normalized spacial score (nSPS) is 11.0. The van der Waals surface area contributed by atoms with Crippen LogP contribution >= 0.6 is 0 Å². The zero-order valence-corrected chi connectivity index (χ0v) is 14.1. The molecule has 5 nitrogen and oxygen atoms in total. The van der Waals surface area contributed by atoms with E-state index in [1.165, 1.54) is 5.56 Å². The molecule has 0 aliphatic rings. The fourth-order valence-corrected chi connectivity index (χ4v) is 2.95. The second-order valence-electron chi connectivity index (χ2n) is 6.06. The summed E-state index contributed by atoms with van der Waals surface area (Å²) in [6.07, 6.45) is 3.61. The Balaban J connectivity index is 1.92. The minimum Gasteiger partial charge on any atom is -0.507 e. The molecule has 0 radical (unpaired) electrons. The van der Waals surface area contributed by atoms with Gasteiger partial charge in [0.1, 0.15) is 17.3 Å². The SMILES string of the molecule is Cc1ccc(Nc2c(-c3ccccc3O)nc3ncccn23)c(C)c1. The lowest BCUT2D eigenvalue weighted by atomic mass is 10.1. The van der Waals surface area contributed by atoms with Gasteiger partial charge >= 0.3 is 0 Å². The van der Waals surface area contributed by atoms with Gasteiger partial charge in [0.25, 0.3) is 0 Å². The van der Waals surface area contributed by atoms with Crippen LogP contribution in [0.5, 0.6) is 5.75 Å². The molecule has 0 fully saturated rings. The zero-order valence-electron chi connectivity index (χ0n) is 14.1. The number of rotatable bonds is 3. The maximum absolute atomic E-state index is 10.3. The standard InChI is InChI=1S/C20H18N4O/c1-13-8-9-16(14(2)12-13)22-19-18(15-6-3-4-7-17(15)25)23-20-21-10-5-11-24(19)20/h3-12,22,25H,1-2H3. The van der Waals surface area contributed by atoms with Crippen LogP contribution in [0, 0.1) is 13.8 Å². The highest BCUT2D eigenvalue weighted by atomic mass is 16.3. The number of fused-ring (bicyclic) bond motifs is 1. The number of anilines is 2. The van der Waals surface area contributed by atoms with Gasteiger partial charge in [0, 0.05) is 23.6 Å². The van der Waals surface area contributed by atoms with Gasteiger partial charge in [-0.1, -0.05) is 29.8 Å². The Labute approximate surface area is 145 Å². The van der Waals surface area contributed by atoms with E-state index < -0.39 is 0 Å². The summed E-state index contributed by atoms with van der Waals surface area (Å²) in [7, 11) is 0. The predicted molar refractivity (Wildman–Crippen MR) is 99.3 cm³/mol. The number of phenolic OH excluding ortho intramolecular Hbond substituents is 1. The number of aromatic hydroxyl groups is 1. The fraction of sp³-hybridized carbons (Fsp3) is 0.100. The Kier molecular flexibility index (Phi) is 3.61. The molecule has 0 amide bonds. The molecule has 0 bridgehead atoms. The smallest absolute Gasteiger partial charge is 0.235 e. The van der Waals surface area contributed by atoms with E-state index in [1.807, 2.05) is 28.8 Å². The third-order valence-electron chi connectivity index (χ3n) is 4.20. The van der Waals surface area contributed by atoms with Crippen LogP contribution in [0.4, 0.5) is 11.5 Å². The van der Waals surface area contributed by atoms with E-state index in [0.29, 0.717) is 17.0 Å². The monoisotopic (exact) mass is 330 g/mol. The van der Waals surface area contributed by atoms with Crippen LogP contribution in [-0.4, -0.2) is 19.5 Å². The summed E-state index contributed by atoms with van der Waals surface area (Å²) in [6, 6.07) is 15.3. The molecule has 25 heavy (non-hydrogen) atoms. The Hall–Kier alpha value is -3.34. The van der Waals surface area contributed by atoms with Gasteiger partial charge in [-0.2, -0.15) is 0 Å². The third kappa shape index (κ3) is 2.70. The Bertz CT molecular complexity index is 1070. The van der Waals surface area contributed by atoms with Crippen molar-refractivity contribution in [2.45, 2.75) is 13.8 Å². The predicted octanol–water partition coefficient (Wildman–Crippen LogP) is 4.46. The molecule has 0 saturated heterocycles. The van der Waals surface area contributed by atoms with Crippen LogP contribution in [0.1, 0.15) is 11.1 Å². The number of nitrogens with one attached hydrogen (secondary N) is 1. The van der Waals surface area contributed by atoms with Gasteiger partial charge in [-0.3, -0.25) is 4.40 Å². The first-order valence-electron chi connectivity index (χ1n) is 8.09. The molecule has 2 N–H and O–H groups in total. The zero-order chi connectivity index (χ0) is 17.4. The lowest BCUT2D eigenvalue weighted by Crippen LogP contribution is -1.99. The average molecular weight is 330 g/mol.